The minimum atomic E-state index is -0.709. The molecule has 0 unspecified atom stereocenters. The number of fused-ring (bicyclic) bond motifs is 4. The van der Waals surface area contributed by atoms with Gasteiger partial charge in [0.15, 0.2) is 0 Å². The molecule has 9 aromatic carbocycles. The molecule has 13 rings (SSSR count). The Labute approximate surface area is 507 Å². The number of hydrogen-bond acceptors (Lipinski definition) is 5. The van der Waals surface area contributed by atoms with Crippen molar-refractivity contribution in [3.8, 4) is 51.0 Å². The SMILES string of the molecule is [2H]c1c([2H])c([2H])c(-c2cc(C(C)(C)C)cc(-c3c([2H])c([2H])c([2H])c([2H])c3[2H])c2[N+]2=C=[N+](c3[c-]c(Oc4[c-]c5c(cc4-c4nc(C(C)(C)c6ccccc6)nc(C(C)(C)c6ccccc6)n4)c4ccccc4n5-c4ccccn4)ccc3)c3ccccc32)c([2H])c1[2H].[Pt+2]. The van der Waals surface area contributed by atoms with Crippen LogP contribution in [0.3, 0.4) is 0 Å². The summed E-state index contributed by atoms with van der Waals surface area (Å²) in [5, 5.41) is 1.78. The van der Waals surface area contributed by atoms with Crippen molar-refractivity contribution in [2.75, 3.05) is 0 Å². The van der Waals surface area contributed by atoms with Crippen LogP contribution in [-0.2, 0) is 37.3 Å². The summed E-state index contributed by atoms with van der Waals surface area (Å²) in [6.07, 6.45) is 1.75. The average Bonchev–Trinajstić information content (AvgIpc) is 1.38. The fourth-order valence-corrected chi connectivity index (χ4v) is 10.5. The van der Waals surface area contributed by atoms with Gasteiger partial charge in [-0.25, -0.2) is 19.9 Å². The van der Waals surface area contributed by atoms with Crippen LogP contribution in [0.25, 0.3) is 61.3 Å². The van der Waals surface area contributed by atoms with Gasteiger partial charge in [-0.2, -0.15) is 6.07 Å². The van der Waals surface area contributed by atoms with Gasteiger partial charge in [-0.05, 0) is 107 Å². The van der Waals surface area contributed by atoms with Gasteiger partial charge >= 0.3 is 27.1 Å². The van der Waals surface area contributed by atoms with Crippen LogP contribution in [0.4, 0.5) is 22.7 Å². The molecule has 0 bridgehead atoms. The predicted molar refractivity (Wildman–Crippen MR) is 329 cm³/mol. The number of aromatic nitrogens is 5. The third-order valence-corrected chi connectivity index (χ3v) is 15.1. The van der Waals surface area contributed by atoms with E-state index >= 15 is 0 Å². The second-order valence-electron chi connectivity index (χ2n) is 22.0. The van der Waals surface area contributed by atoms with Gasteiger partial charge in [0.25, 0.3) is 11.4 Å². The maximum Gasteiger partial charge on any atom is 2.00 e. The summed E-state index contributed by atoms with van der Waals surface area (Å²) in [6, 6.07) is 57.7. The third kappa shape index (κ3) is 9.68. The second-order valence-corrected chi connectivity index (χ2v) is 22.0. The van der Waals surface area contributed by atoms with Crippen molar-refractivity contribution in [1.82, 2.24) is 33.7 Å². The number of rotatable bonds is 12. The van der Waals surface area contributed by atoms with Gasteiger partial charge in [0.2, 0.25) is 5.69 Å². The fourth-order valence-electron chi connectivity index (χ4n) is 10.5. The van der Waals surface area contributed by atoms with Crippen molar-refractivity contribution >= 4 is 50.6 Å². The molecule has 0 N–H and O–H groups in total. The number of para-hydroxylation sites is 3. The quantitative estimate of drug-likeness (QED) is 0.0900. The van der Waals surface area contributed by atoms with E-state index in [2.05, 4.69) is 76.2 Å². The Morgan fingerprint density at radius 1 is 0.524 bits per heavy atom. The largest absolute Gasteiger partial charge is 2.00 e. The number of pyridine rings is 1. The predicted octanol–water partition coefficient (Wildman–Crippen LogP) is 17.6. The van der Waals surface area contributed by atoms with Crippen LogP contribution in [0.2, 0.25) is 0 Å². The van der Waals surface area contributed by atoms with Crippen molar-refractivity contribution < 1.29 is 39.5 Å². The molecule has 4 heterocycles. The molecule has 8 nitrogen and oxygen atoms in total. The van der Waals surface area contributed by atoms with E-state index in [-0.39, 0.29) is 60.5 Å². The van der Waals surface area contributed by atoms with E-state index in [0.717, 1.165) is 27.4 Å². The molecule has 0 saturated carbocycles. The molecule has 1 aliphatic heterocycles. The molecule has 12 aromatic rings. The summed E-state index contributed by atoms with van der Waals surface area (Å²) in [4.78, 5) is 20.9. The maximum atomic E-state index is 9.38. The molecule has 0 aliphatic carbocycles. The average molecular weight is 1260 g/mol. The first-order valence-electron chi connectivity index (χ1n) is 31.7. The number of benzene rings is 9. The second kappa shape index (κ2) is 21.4. The molecule has 9 heteroatoms. The Hall–Kier alpha value is -9.19. The summed E-state index contributed by atoms with van der Waals surface area (Å²) in [7, 11) is 0. The van der Waals surface area contributed by atoms with Crippen LogP contribution in [0.15, 0.2) is 230 Å². The Balaban J connectivity index is 0.00000816. The van der Waals surface area contributed by atoms with Crippen LogP contribution in [0.5, 0.6) is 11.5 Å². The van der Waals surface area contributed by atoms with E-state index in [1.807, 2.05) is 141 Å². The third-order valence-electron chi connectivity index (χ3n) is 15.1. The zero-order valence-electron chi connectivity index (χ0n) is 56.0. The van der Waals surface area contributed by atoms with E-state index in [4.69, 9.17) is 32.9 Å². The number of nitrogens with zero attached hydrogens (tertiary/aromatic N) is 7. The first-order chi connectivity index (χ1) is 43.4. The molecule has 82 heavy (non-hydrogen) atoms. The minimum Gasteiger partial charge on any atom is -0.508 e. The molecule has 0 radical (unpaired) electrons. The molecule has 1 aliphatic rings. The zero-order chi connectivity index (χ0) is 64.2. The normalized spacial score (nSPS) is 14.1. The molecule has 3 aromatic heterocycles. The van der Waals surface area contributed by atoms with Gasteiger partial charge in [-0.15, -0.1) is 23.6 Å². The van der Waals surface area contributed by atoms with Crippen LogP contribution < -0.4 is 13.9 Å². The van der Waals surface area contributed by atoms with Crippen LogP contribution >= 0.6 is 0 Å². The van der Waals surface area contributed by atoms with Gasteiger partial charge in [0.1, 0.15) is 29.0 Å². The van der Waals surface area contributed by atoms with Gasteiger partial charge in [-0.3, -0.25) is 0 Å². The summed E-state index contributed by atoms with van der Waals surface area (Å²) < 4.78 is 103. The number of hydrogen-bond donors (Lipinski definition) is 0. The molecule has 0 spiro atoms. The Morgan fingerprint density at radius 2 is 1.09 bits per heavy atom. The van der Waals surface area contributed by atoms with E-state index < -0.39 is 76.7 Å². The standard InChI is InChI=1S/C73H59N7O.Pt/c1-71(2,3)53-43-57(49-27-12-8-13-28-49)67(58(44-53)50-29-14-9-15-30-50)79-48-78(62-39-22-23-40-63(62)79)54-35-26-36-55(45-54)81-65-47-64-59(56-37-20-21-38-61(56)80(64)66-41-24-25-42-74-66)46-60(65)68-75-69(72(4,5)51-31-16-10-17-32-51)77-70(76-68)73(6,7)52-33-18-11-19-34-52;/h8-44,46H,1-7H3;/q;+2/i8D,9D,12D,13D,14D,15D,27D,28D,29D,30D;. The first kappa shape index (κ1) is 42.7. The van der Waals surface area contributed by atoms with Crippen molar-refractivity contribution in [2.45, 2.75) is 64.7 Å². The van der Waals surface area contributed by atoms with E-state index in [1.165, 1.54) is 0 Å². The molecular formula is C73H59N7OPt+2. The topological polar surface area (TPSA) is 71.7 Å². The summed E-state index contributed by atoms with van der Waals surface area (Å²) >= 11 is 0. The summed E-state index contributed by atoms with van der Waals surface area (Å²) in [6.45, 7) is 14.2. The molecule has 0 atom stereocenters. The summed E-state index contributed by atoms with van der Waals surface area (Å²) in [5.41, 5.74) is 4.19. The van der Waals surface area contributed by atoms with Crippen molar-refractivity contribution in [3.05, 3.63) is 271 Å². The number of ether oxygens (including phenoxy) is 1. The van der Waals surface area contributed by atoms with Gasteiger partial charge < -0.3 is 9.30 Å². The molecule has 0 fully saturated rings. The van der Waals surface area contributed by atoms with E-state index in [9.17, 15) is 5.48 Å². The van der Waals surface area contributed by atoms with Crippen molar-refractivity contribution in [3.63, 3.8) is 0 Å². The molecule has 0 saturated heterocycles. The van der Waals surface area contributed by atoms with Crippen molar-refractivity contribution in [2.24, 2.45) is 0 Å². The van der Waals surface area contributed by atoms with Crippen LogP contribution in [0, 0.1) is 12.1 Å². The van der Waals surface area contributed by atoms with Crippen LogP contribution in [-0.4, -0.2) is 30.5 Å². The smallest absolute Gasteiger partial charge is 0.508 e. The fraction of sp³-hybridized carbons (Fsp3) is 0.137. The van der Waals surface area contributed by atoms with Gasteiger partial charge in [0.05, 0.1) is 24.8 Å². The van der Waals surface area contributed by atoms with Crippen molar-refractivity contribution in [1.29, 1.82) is 0 Å². The van der Waals surface area contributed by atoms with Crippen LogP contribution in [0.1, 0.15) is 90.5 Å². The Morgan fingerprint density at radius 3 is 1.67 bits per heavy atom. The monoisotopic (exact) mass is 1250 g/mol. The summed E-state index contributed by atoms with van der Waals surface area (Å²) in [5.74, 6) is 2.61. The molecule has 400 valence electrons. The van der Waals surface area contributed by atoms with E-state index in [1.54, 1.807) is 33.5 Å². The molecular weight excluding hydrogens is 1190 g/mol. The van der Waals surface area contributed by atoms with Gasteiger partial charge in [-0.1, -0.05) is 200 Å². The van der Waals surface area contributed by atoms with E-state index in [0.29, 0.717) is 57.0 Å². The minimum absolute atomic E-state index is 0. The molecule has 0 amide bonds. The maximum absolute atomic E-state index is 9.38. The zero-order valence-corrected chi connectivity index (χ0v) is 48.3. The Kier molecular flexibility index (Phi) is 11.1. The first-order valence-corrected chi connectivity index (χ1v) is 26.7. The Bertz CT molecular complexity index is 4850. The van der Waals surface area contributed by atoms with Gasteiger partial charge in [0, 0.05) is 46.2 Å².